The lowest BCUT2D eigenvalue weighted by Gasteiger charge is -2.10. The minimum absolute atomic E-state index is 0.141. The van der Waals surface area contributed by atoms with E-state index in [1.165, 1.54) is 6.07 Å². The Hall–Kier alpha value is -1.09. The molecule has 1 aliphatic heterocycles. The van der Waals surface area contributed by atoms with Crippen molar-refractivity contribution >= 4 is 0 Å². The summed E-state index contributed by atoms with van der Waals surface area (Å²) in [5.74, 6) is 1.05. The Morgan fingerprint density at radius 1 is 1.50 bits per heavy atom. The molecule has 1 unspecified atom stereocenters. The van der Waals surface area contributed by atoms with Gasteiger partial charge in [0.05, 0.1) is 6.61 Å². The topological polar surface area (TPSA) is 21.3 Å². The highest BCUT2D eigenvalue weighted by atomic mass is 19.1. The third-order valence-electron chi connectivity index (χ3n) is 3.01. The van der Waals surface area contributed by atoms with Gasteiger partial charge in [0.15, 0.2) is 0 Å². The Morgan fingerprint density at radius 2 is 2.38 bits per heavy atom. The Bertz CT molecular complexity index is 348. The summed E-state index contributed by atoms with van der Waals surface area (Å²) >= 11 is 0. The number of hydrogen-bond donors (Lipinski definition) is 1. The third kappa shape index (κ3) is 2.73. The minimum atomic E-state index is -0.141. The van der Waals surface area contributed by atoms with Gasteiger partial charge in [0.1, 0.15) is 11.6 Å². The molecule has 1 heterocycles. The summed E-state index contributed by atoms with van der Waals surface area (Å²) in [6.07, 6.45) is 1.97. The van der Waals surface area contributed by atoms with E-state index in [1.807, 2.05) is 19.1 Å². The van der Waals surface area contributed by atoms with Gasteiger partial charge in [-0.2, -0.15) is 0 Å². The van der Waals surface area contributed by atoms with E-state index in [9.17, 15) is 4.39 Å². The molecule has 0 radical (unpaired) electrons. The first-order valence-corrected chi connectivity index (χ1v) is 5.91. The van der Waals surface area contributed by atoms with Crippen LogP contribution in [0.15, 0.2) is 18.2 Å². The highest BCUT2D eigenvalue weighted by Crippen LogP contribution is 2.21. The monoisotopic (exact) mass is 223 g/mol. The van der Waals surface area contributed by atoms with Gasteiger partial charge >= 0.3 is 0 Å². The summed E-state index contributed by atoms with van der Waals surface area (Å²) in [7, 11) is 0. The number of hydrogen-bond acceptors (Lipinski definition) is 2. The standard InChI is InChI=1S/C13H18FNO/c1-2-16-12-4-3-11(13(14)8-12)7-10-5-6-15-9-10/h3-4,8,10,15H,2,5-7,9H2,1H3. The summed E-state index contributed by atoms with van der Waals surface area (Å²) in [5.41, 5.74) is 0.803. The summed E-state index contributed by atoms with van der Waals surface area (Å²) in [6, 6.07) is 5.18. The third-order valence-corrected chi connectivity index (χ3v) is 3.01. The normalized spacial score (nSPS) is 20.0. The first-order valence-electron chi connectivity index (χ1n) is 5.91. The Morgan fingerprint density at radius 3 is 3.00 bits per heavy atom. The van der Waals surface area contributed by atoms with Gasteiger partial charge in [0, 0.05) is 6.07 Å². The maximum Gasteiger partial charge on any atom is 0.130 e. The molecule has 3 heteroatoms. The number of halogens is 1. The zero-order valence-corrected chi connectivity index (χ0v) is 9.63. The molecule has 1 fully saturated rings. The van der Waals surface area contributed by atoms with Gasteiger partial charge in [-0.1, -0.05) is 6.07 Å². The van der Waals surface area contributed by atoms with Gasteiger partial charge in [0.25, 0.3) is 0 Å². The molecule has 1 aromatic carbocycles. The highest BCUT2D eigenvalue weighted by molar-refractivity contribution is 5.29. The lowest BCUT2D eigenvalue weighted by Crippen LogP contribution is -2.11. The van der Waals surface area contributed by atoms with E-state index in [0.29, 0.717) is 18.3 Å². The Kier molecular flexibility index (Phi) is 3.78. The van der Waals surface area contributed by atoms with Gasteiger partial charge in [-0.25, -0.2) is 4.39 Å². The van der Waals surface area contributed by atoms with Gasteiger partial charge in [0.2, 0.25) is 0 Å². The molecule has 16 heavy (non-hydrogen) atoms. The molecule has 0 bridgehead atoms. The zero-order valence-electron chi connectivity index (χ0n) is 9.63. The summed E-state index contributed by atoms with van der Waals surface area (Å²) in [4.78, 5) is 0. The average molecular weight is 223 g/mol. The van der Waals surface area contributed by atoms with E-state index >= 15 is 0 Å². The van der Waals surface area contributed by atoms with Crippen LogP contribution in [0.1, 0.15) is 18.9 Å². The SMILES string of the molecule is CCOc1ccc(CC2CCNC2)c(F)c1. The molecular weight excluding hydrogens is 205 g/mol. The van der Waals surface area contributed by atoms with Gasteiger partial charge < -0.3 is 10.1 Å². The number of benzene rings is 1. The van der Waals surface area contributed by atoms with Crippen molar-refractivity contribution in [1.82, 2.24) is 5.32 Å². The van der Waals surface area contributed by atoms with Crippen LogP contribution in [-0.2, 0) is 6.42 Å². The molecule has 0 amide bonds. The molecule has 88 valence electrons. The van der Waals surface area contributed by atoms with Gasteiger partial charge in [-0.15, -0.1) is 0 Å². The fourth-order valence-corrected chi connectivity index (χ4v) is 2.15. The molecule has 1 N–H and O–H groups in total. The second kappa shape index (κ2) is 5.30. The largest absolute Gasteiger partial charge is 0.494 e. The molecular formula is C13H18FNO. The molecule has 1 aliphatic rings. The van der Waals surface area contributed by atoms with Crippen molar-refractivity contribution in [3.8, 4) is 5.75 Å². The zero-order chi connectivity index (χ0) is 11.4. The number of rotatable bonds is 4. The van der Waals surface area contributed by atoms with E-state index in [0.717, 1.165) is 31.5 Å². The smallest absolute Gasteiger partial charge is 0.130 e. The quantitative estimate of drug-likeness (QED) is 0.846. The molecule has 0 spiro atoms. The van der Waals surface area contributed by atoms with Crippen LogP contribution < -0.4 is 10.1 Å². The van der Waals surface area contributed by atoms with Crippen molar-refractivity contribution in [2.24, 2.45) is 5.92 Å². The predicted octanol–water partition coefficient (Wildman–Crippen LogP) is 2.38. The van der Waals surface area contributed by atoms with E-state index < -0.39 is 0 Å². The fraction of sp³-hybridized carbons (Fsp3) is 0.538. The van der Waals surface area contributed by atoms with E-state index in [4.69, 9.17) is 4.74 Å². The predicted molar refractivity (Wildman–Crippen MR) is 62.2 cm³/mol. The second-order valence-electron chi connectivity index (χ2n) is 4.25. The molecule has 1 atom stereocenters. The second-order valence-corrected chi connectivity index (χ2v) is 4.25. The van der Waals surface area contributed by atoms with Crippen molar-refractivity contribution in [2.75, 3.05) is 19.7 Å². The fourth-order valence-electron chi connectivity index (χ4n) is 2.15. The summed E-state index contributed by atoms with van der Waals surface area (Å²) < 4.78 is 19.0. The molecule has 0 saturated carbocycles. The highest BCUT2D eigenvalue weighted by Gasteiger charge is 2.16. The minimum Gasteiger partial charge on any atom is -0.494 e. The van der Waals surface area contributed by atoms with Crippen LogP contribution in [0.25, 0.3) is 0 Å². The van der Waals surface area contributed by atoms with Crippen molar-refractivity contribution in [3.63, 3.8) is 0 Å². The number of ether oxygens (including phenoxy) is 1. The molecule has 1 aromatic rings. The van der Waals surface area contributed by atoms with E-state index in [2.05, 4.69) is 5.32 Å². The van der Waals surface area contributed by atoms with Crippen LogP contribution in [0.2, 0.25) is 0 Å². The van der Waals surface area contributed by atoms with Gasteiger partial charge in [-0.05, 0) is 50.4 Å². The average Bonchev–Trinajstić information content (AvgIpc) is 2.75. The number of nitrogens with one attached hydrogen (secondary N) is 1. The molecule has 1 saturated heterocycles. The van der Waals surface area contributed by atoms with E-state index in [-0.39, 0.29) is 5.82 Å². The summed E-state index contributed by atoms with van der Waals surface area (Å²) in [6.45, 7) is 4.54. The van der Waals surface area contributed by atoms with Crippen LogP contribution in [0.3, 0.4) is 0 Å². The van der Waals surface area contributed by atoms with Crippen LogP contribution in [-0.4, -0.2) is 19.7 Å². The van der Waals surface area contributed by atoms with Crippen molar-refractivity contribution in [1.29, 1.82) is 0 Å². The van der Waals surface area contributed by atoms with Crippen molar-refractivity contribution in [2.45, 2.75) is 19.8 Å². The molecule has 0 aromatic heterocycles. The van der Waals surface area contributed by atoms with E-state index in [1.54, 1.807) is 0 Å². The molecule has 0 aliphatic carbocycles. The maximum atomic E-state index is 13.7. The van der Waals surface area contributed by atoms with Crippen molar-refractivity contribution in [3.05, 3.63) is 29.6 Å². The molecule has 2 rings (SSSR count). The summed E-state index contributed by atoms with van der Waals surface area (Å²) in [5, 5.41) is 3.30. The first kappa shape index (κ1) is 11.4. The maximum absolute atomic E-state index is 13.7. The van der Waals surface area contributed by atoms with Crippen LogP contribution in [0.5, 0.6) is 5.75 Å². The Labute approximate surface area is 95.8 Å². The molecule has 2 nitrogen and oxygen atoms in total. The Balaban J connectivity index is 2.03. The van der Waals surface area contributed by atoms with Gasteiger partial charge in [-0.3, -0.25) is 0 Å². The van der Waals surface area contributed by atoms with Crippen LogP contribution in [0, 0.1) is 11.7 Å². The van der Waals surface area contributed by atoms with Crippen LogP contribution >= 0.6 is 0 Å². The first-order chi connectivity index (χ1) is 7.79. The lowest BCUT2D eigenvalue weighted by molar-refractivity contribution is 0.338. The van der Waals surface area contributed by atoms with Crippen LogP contribution in [0.4, 0.5) is 4.39 Å². The lowest BCUT2D eigenvalue weighted by atomic mass is 9.98. The van der Waals surface area contributed by atoms with Crippen molar-refractivity contribution < 1.29 is 9.13 Å².